The quantitative estimate of drug-likeness (QED) is 0.749. The lowest BCUT2D eigenvalue weighted by atomic mass is 10.1. The van der Waals surface area contributed by atoms with Crippen LogP contribution in [0, 0.1) is 5.92 Å². The van der Waals surface area contributed by atoms with Gasteiger partial charge in [0.15, 0.2) is 6.10 Å². The average Bonchev–Trinajstić information content (AvgIpc) is 2.93. The van der Waals surface area contributed by atoms with Crippen molar-refractivity contribution in [2.24, 2.45) is 5.92 Å². The summed E-state index contributed by atoms with van der Waals surface area (Å²) >= 11 is 0. The normalized spacial score (nSPS) is 27.6. The molecule has 2 amide bonds. The van der Waals surface area contributed by atoms with Crippen LogP contribution in [0.4, 0.5) is 4.79 Å². The maximum absolute atomic E-state index is 12.0. The van der Waals surface area contributed by atoms with Gasteiger partial charge in [-0.3, -0.25) is 0 Å². The first-order chi connectivity index (χ1) is 9.60. The molecule has 0 aromatic rings. The van der Waals surface area contributed by atoms with Gasteiger partial charge in [0.2, 0.25) is 0 Å². The van der Waals surface area contributed by atoms with Crippen molar-refractivity contribution in [1.82, 2.24) is 15.1 Å². The highest BCUT2D eigenvalue weighted by atomic mass is 16.5. The zero-order valence-electron chi connectivity index (χ0n) is 11.9. The Kier molecular flexibility index (Phi) is 5.19. The van der Waals surface area contributed by atoms with E-state index in [1.165, 1.54) is 4.90 Å². The lowest BCUT2D eigenvalue weighted by Gasteiger charge is -2.31. The van der Waals surface area contributed by atoms with Gasteiger partial charge in [-0.1, -0.05) is 6.92 Å². The molecular formula is C13H23N3O4. The van der Waals surface area contributed by atoms with Crippen LogP contribution in [0.3, 0.4) is 0 Å². The number of morpholine rings is 1. The molecule has 2 aliphatic rings. The molecule has 2 heterocycles. The highest BCUT2D eigenvalue weighted by molar-refractivity contribution is 5.77. The van der Waals surface area contributed by atoms with Crippen molar-refractivity contribution >= 4 is 12.0 Å². The van der Waals surface area contributed by atoms with Crippen LogP contribution in [-0.4, -0.2) is 78.9 Å². The van der Waals surface area contributed by atoms with Gasteiger partial charge in [-0.05, 0) is 25.4 Å². The number of amides is 2. The molecule has 2 unspecified atom stereocenters. The van der Waals surface area contributed by atoms with Gasteiger partial charge in [-0.15, -0.1) is 0 Å². The number of carbonyl (C=O) groups is 2. The molecule has 2 rings (SSSR count). The van der Waals surface area contributed by atoms with E-state index in [4.69, 9.17) is 9.84 Å². The van der Waals surface area contributed by atoms with Crippen molar-refractivity contribution in [3.8, 4) is 0 Å². The van der Waals surface area contributed by atoms with Gasteiger partial charge in [-0.25, -0.2) is 9.59 Å². The minimum atomic E-state index is -1.02. The minimum Gasteiger partial charge on any atom is -0.479 e. The molecule has 2 aliphatic heterocycles. The van der Waals surface area contributed by atoms with Gasteiger partial charge >= 0.3 is 12.0 Å². The number of carboxylic acids is 1. The Morgan fingerprint density at radius 2 is 2.15 bits per heavy atom. The van der Waals surface area contributed by atoms with Gasteiger partial charge in [-0.2, -0.15) is 0 Å². The number of aliphatic carboxylic acids is 1. The Labute approximate surface area is 118 Å². The summed E-state index contributed by atoms with van der Waals surface area (Å²) in [5.74, 6) is -0.521. The third-order valence-corrected chi connectivity index (χ3v) is 3.99. The van der Waals surface area contributed by atoms with Crippen LogP contribution in [0.25, 0.3) is 0 Å². The molecule has 2 N–H and O–H groups in total. The van der Waals surface area contributed by atoms with E-state index < -0.39 is 12.1 Å². The van der Waals surface area contributed by atoms with Crippen LogP contribution in [0.2, 0.25) is 0 Å². The zero-order chi connectivity index (χ0) is 14.5. The number of rotatable bonds is 4. The van der Waals surface area contributed by atoms with Crippen LogP contribution < -0.4 is 5.32 Å². The summed E-state index contributed by atoms with van der Waals surface area (Å²) in [6, 6.07) is -0.186. The van der Waals surface area contributed by atoms with Crippen LogP contribution in [-0.2, 0) is 9.53 Å². The molecule has 0 aromatic carbocycles. The Hall–Kier alpha value is -1.34. The summed E-state index contributed by atoms with van der Waals surface area (Å²) in [5.41, 5.74) is 0. The number of hydrogen-bond donors (Lipinski definition) is 2. The number of likely N-dealkylation sites (tertiary alicyclic amines) is 1. The fourth-order valence-corrected chi connectivity index (χ4v) is 2.69. The first kappa shape index (κ1) is 15.1. The number of nitrogens with one attached hydrogen (secondary N) is 1. The summed E-state index contributed by atoms with van der Waals surface area (Å²) in [6.07, 6.45) is 0.200. The van der Waals surface area contributed by atoms with E-state index in [1.807, 2.05) is 0 Å². The fraction of sp³-hybridized carbons (Fsp3) is 0.846. The lowest BCUT2D eigenvalue weighted by molar-refractivity contribution is -0.154. The fourth-order valence-electron chi connectivity index (χ4n) is 2.69. The summed E-state index contributed by atoms with van der Waals surface area (Å²) in [7, 11) is 0. The minimum absolute atomic E-state index is 0.118. The van der Waals surface area contributed by atoms with Gasteiger partial charge in [0.05, 0.1) is 13.2 Å². The molecule has 0 aliphatic carbocycles. The summed E-state index contributed by atoms with van der Waals surface area (Å²) in [6.45, 7) is 6.80. The highest BCUT2D eigenvalue weighted by Crippen LogP contribution is 2.14. The topological polar surface area (TPSA) is 82.1 Å². The standard InChI is InChI=1S/C13H23N3O4/c1-2-15-4-3-10(8-15)7-14-13(19)16-5-6-20-11(9-16)12(17)18/h10-11H,2-9H2,1H3,(H,14,19)(H,17,18). The van der Waals surface area contributed by atoms with E-state index in [2.05, 4.69) is 17.1 Å². The van der Waals surface area contributed by atoms with Crippen molar-refractivity contribution in [1.29, 1.82) is 0 Å². The molecule has 2 atom stereocenters. The van der Waals surface area contributed by atoms with Crippen molar-refractivity contribution in [3.05, 3.63) is 0 Å². The predicted molar refractivity (Wildman–Crippen MR) is 72.6 cm³/mol. The molecule has 20 heavy (non-hydrogen) atoms. The van der Waals surface area contributed by atoms with Crippen LogP contribution in [0.1, 0.15) is 13.3 Å². The smallest absolute Gasteiger partial charge is 0.334 e. The van der Waals surface area contributed by atoms with E-state index in [9.17, 15) is 9.59 Å². The summed E-state index contributed by atoms with van der Waals surface area (Å²) in [5, 5.41) is 11.8. The van der Waals surface area contributed by atoms with Gasteiger partial charge in [0.25, 0.3) is 0 Å². The van der Waals surface area contributed by atoms with E-state index in [0.29, 0.717) is 19.0 Å². The second-order valence-corrected chi connectivity index (χ2v) is 5.38. The van der Waals surface area contributed by atoms with Crippen LogP contribution in [0.5, 0.6) is 0 Å². The Morgan fingerprint density at radius 1 is 1.35 bits per heavy atom. The molecule has 7 heteroatoms. The molecule has 0 saturated carbocycles. The zero-order valence-corrected chi connectivity index (χ0v) is 11.9. The summed E-state index contributed by atoms with van der Waals surface area (Å²) < 4.78 is 5.10. The molecule has 114 valence electrons. The third kappa shape index (κ3) is 3.83. The molecule has 0 radical (unpaired) electrons. The van der Waals surface area contributed by atoms with Crippen molar-refractivity contribution < 1.29 is 19.4 Å². The number of urea groups is 1. The van der Waals surface area contributed by atoms with E-state index in [-0.39, 0.29) is 19.2 Å². The monoisotopic (exact) mass is 285 g/mol. The largest absolute Gasteiger partial charge is 0.479 e. The van der Waals surface area contributed by atoms with Crippen molar-refractivity contribution in [3.63, 3.8) is 0 Å². The molecule has 0 bridgehead atoms. The second kappa shape index (κ2) is 6.90. The third-order valence-electron chi connectivity index (χ3n) is 3.99. The Balaban J connectivity index is 1.73. The molecule has 2 fully saturated rings. The molecule has 2 saturated heterocycles. The maximum atomic E-state index is 12.0. The number of ether oxygens (including phenoxy) is 1. The number of carboxylic acid groups (broad SMARTS) is 1. The van der Waals surface area contributed by atoms with Crippen molar-refractivity contribution in [2.45, 2.75) is 19.4 Å². The lowest BCUT2D eigenvalue weighted by Crippen LogP contribution is -2.52. The Bertz CT molecular complexity index is 364. The first-order valence-corrected chi connectivity index (χ1v) is 7.19. The predicted octanol–water partition coefficient (Wildman–Crippen LogP) is -0.177. The van der Waals surface area contributed by atoms with E-state index in [1.54, 1.807) is 0 Å². The number of carbonyl (C=O) groups excluding carboxylic acids is 1. The van der Waals surface area contributed by atoms with Crippen LogP contribution in [0.15, 0.2) is 0 Å². The van der Waals surface area contributed by atoms with Gasteiger partial charge < -0.3 is 25.0 Å². The maximum Gasteiger partial charge on any atom is 0.334 e. The Morgan fingerprint density at radius 3 is 2.80 bits per heavy atom. The van der Waals surface area contributed by atoms with Gasteiger partial charge in [0, 0.05) is 19.6 Å². The first-order valence-electron chi connectivity index (χ1n) is 7.19. The SMILES string of the molecule is CCN1CCC(CNC(=O)N2CCOC(C(=O)O)C2)C1. The highest BCUT2D eigenvalue weighted by Gasteiger charge is 2.29. The second-order valence-electron chi connectivity index (χ2n) is 5.38. The van der Waals surface area contributed by atoms with E-state index in [0.717, 1.165) is 26.1 Å². The number of nitrogens with zero attached hydrogens (tertiary/aromatic N) is 2. The molecule has 0 aromatic heterocycles. The van der Waals surface area contributed by atoms with Crippen molar-refractivity contribution in [2.75, 3.05) is 45.9 Å². The van der Waals surface area contributed by atoms with Gasteiger partial charge in [0.1, 0.15) is 0 Å². The average molecular weight is 285 g/mol. The molecule has 7 nitrogen and oxygen atoms in total. The molecular weight excluding hydrogens is 262 g/mol. The van der Waals surface area contributed by atoms with E-state index >= 15 is 0 Å². The van der Waals surface area contributed by atoms with Crippen LogP contribution >= 0.6 is 0 Å². The number of hydrogen-bond acceptors (Lipinski definition) is 4. The molecule has 0 spiro atoms. The summed E-state index contributed by atoms with van der Waals surface area (Å²) in [4.78, 5) is 26.8.